The molecule has 1 N–H and O–H groups in total. The Hall–Kier alpha value is -2.64. The molecule has 0 radical (unpaired) electrons. The molecular formula is C16H21N5O3. The zero-order valence-electron chi connectivity index (χ0n) is 13.6. The molecule has 1 saturated heterocycles. The van der Waals surface area contributed by atoms with Crippen LogP contribution < -0.4 is 5.32 Å². The zero-order valence-corrected chi connectivity index (χ0v) is 13.6. The lowest BCUT2D eigenvalue weighted by atomic mass is 10.1. The third-order valence-corrected chi connectivity index (χ3v) is 4.08. The second-order valence-electron chi connectivity index (χ2n) is 5.78. The van der Waals surface area contributed by atoms with Crippen LogP contribution in [0.4, 0.5) is 4.79 Å². The van der Waals surface area contributed by atoms with Crippen molar-refractivity contribution in [2.45, 2.75) is 32.4 Å². The van der Waals surface area contributed by atoms with Gasteiger partial charge in [-0.25, -0.2) is 9.48 Å². The first kappa shape index (κ1) is 16.2. The summed E-state index contributed by atoms with van der Waals surface area (Å²) in [6.07, 6.45) is 1.26. The first-order valence-electron chi connectivity index (χ1n) is 8.16. The summed E-state index contributed by atoms with van der Waals surface area (Å²) in [5.74, 6) is -0.0268. The molecule has 0 aliphatic carbocycles. The van der Waals surface area contributed by atoms with Crippen LogP contribution >= 0.6 is 0 Å². The summed E-state index contributed by atoms with van der Waals surface area (Å²) in [7, 11) is 0. The third-order valence-electron chi connectivity index (χ3n) is 4.08. The van der Waals surface area contributed by atoms with Crippen LogP contribution in [0, 0.1) is 0 Å². The summed E-state index contributed by atoms with van der Waals surface area (Å²) in [6.45, 7) is 3.42. The van der Waals surface area contributed by atoms with Gasteiger partial charge in [0.05, 0.1) is 12.1 Å². The lowest BCUT2D eigenvalue weighted by molar-refractivity contribution is -0.133. The molecule has 1 aliphatic rings. The maximum Gasteiger partial charge on any atom is 0.407 e. The Balaban J connectivity index is 1.61. The molecule has 1 aromatic heterocycles. The van der Waals surface area contributed by atoms with E-state index in [4.69, 9.17) is 4.74 Å². The monoisotopic (exact) mass is 331 g/mol. The number of fused-ring (bicyclic) bond motifs is 1. The second kappa shape index (κ2) is 7.29. The summed E-state index contributed by atoms with van der Waals surface area (Å²) in [6, 6.07) is 7.47. The minimum atomic E-state index is -0.431. The minimum absolute atomic E-state index is 0.0268. The lowest BCUT2D eigenvalue weighted by Crippen LogP contribution is -2.50. The summed E-state index contributed by atoms with van der Waals surface area (Å²) < 4.78 is 6.51. The number of rotatable bonds is 4. The maximum atomic E-state index is 12.6. The lowest BCUT2D eigenvalue weighted by Gasteiger charge is -2.32. The van der Waals surface area contributed by atoms with Gasteiger partial charge in [-0.05, 0) is 31.9 Å². The average molecular weight is 331 g/mol. The highest BCUT2D eigenvalue weighted by Crippen LogP contribution is 2.13. The van der Waals surface area contributed by atoms with Gasteiger partial charge in [0.25, 0.3) is 0 Å². The van der Waals surface area contributed by atoms with Crippen molar-refractivity contribution < 1.29 is 14.3 Å². The van der Waals surface area contributed by atoms with Gasteiger partial charge >= 0.3 is 6.09 Å². The van der Waals surface area contributed by atoms with Gasteiger partial charge in [-0.3, -0.25) is 4.79 Å². The molecule has 8 heteroatoms. The van der Waals surface area contributed by atoms with E-state index >= 15 is 0 Å². The van der Waals surface area contributed by atoms with E-state index in [1.54, 1.807) is 16.5 Å². The van der Waals surface area contributed by atoms with Crippen molar-refractivity contribution in [3.8, 4) is 0 Å². The molecule has 0 saturated carbocycles. The van der Waals surface area contributed by atoms with Crippen molar-refractivity contribution in [3.63, 3.8) is 0 Å². The van der Waals surface area contributed by atoms with Gasteiger partial charge in [-0.1, -0.05) is 17.3 Å². The quantitative estimate of drug-likeness (QED) is 0.908. The van der Waals surface area contributed by atoms with Crippen LogP contribution in [0.5, 0.6) is 0 Å². The Bertz CT molecular complexity index is 729. The topological polar surface area (TPSA) is 89.4 Å². The smallest absolute Gasteiger partial charge is 0.407 e. The summed E-state index contributed by atoms with van der Waals surface area (Å²) in [5, 5.41) is 10.9. The number of nitrogens with zero attached hydrogens (tertiary/aromatic N) is 4. The second-order valence-corrected chi connectivity index (χ2v) is 5.78. The van der Waals surface area contributed by atoms with Crippen LogP contribution in [0.1, 0.15) is 19.8 Å². The number of nitrogens with one attached hydrogen (secondary N) is 1. The molecule has 1 aliphatic heterocycles. The van der Waals surface area contributed by atoms with E-state index in [0.717, 1.165) is 23.9 Å². The predicted octanol–water partition coefficient (Wildman–Crippen LogP) is 1.17. The molecule has 0 bridgehead atoms. The predicted molar refractivity (Wildman–Crippen MR) is 87.3 cm³/mol. The number of ether oxygens (including phenoxy) is 1. The highest BCUT2D eigenvalue weighted by Gasteiger charge is 2.25. The number of carbonyl (C=O) groups is 2. The highest BCUT2D eigenvalue weighted by atomic mass is 16.5. The van der Waals surface area contributed by atoms with Gasteiger partial charge in [-0.2, -0.15) is 0 Å². The van der Waals surface area contributed by atoms with Gasteiger partial charge in [0.2, 0.25) is 5.91 Å². The van der Waals surface area contributed by atoms with E-state index in [9.17, 15) is 9.59 Å². The molecule has 1 unspecified atom stereocenters. The largest absolute Gasteiger partial charge is 0.450 e. The molecule has 1 atom stereocenters. The van der Waals surface area contributed by atoms with E-state index in [0.29, 0.717) is 19.7 Å². The van der Waals surface area contributed by atoms with E-state index < -0.39 is 6.09 Å². The molecule has 24 heavy (non-hydrogen) atoms. The fraction of sp³-hybridized carbons (Fsp3) is 0.500. The Labute approximate surface area is 139 Å². The molecule has 2 heterocycles. The number of aromatic nitrogens is 3. The Morgan fingerprint density at radius 1 is 1.38 bits per heavy atom. The number of piperidine rings is 1. The standard InChI is InChI=1S/C16H21N5O3/c1-2-24-16(23)17-12-6-5-9-20(10-12)15(22)11-21-14-8-4-3-7-13(14)18-19-21/h3-4,7-8,12H,2,5-6,9-11H2,1H3,(H,17,23). The van der Waals surface area contributed by atoms with E-state index in [2.05, 4.69) is 15.6 Å². The van der Waals surface area contributed by atoms with Gasteiger partial charge in [0.1, 0.15) is 12.1 Å². The number of hydrogen-bond donors (Lipinski definition) is 1. The molecular weight excluding hydrogens is 310 g/mol. The minimum Gasteiger partial charge on any atom is -0.450 e. The number of benzene rings is 1. The molecule has 128 valence electrons. The molecule has 3 rings (SSSR count). The summed E-state index contributed by atoms with van der Waals surface area (Å²) in [4.78, 5) is 25.9. The normalized spacial score (nSPS) is 17.7. The number of para-hydroxylation sites is 1. The molecule has 2 amide bonds. The third kappa shape index (κ3) is 3.64. The van der Waals surface area contributed by atoms with E-state index in [1.807, 2.05) is 24.3 Å². The maximum absolute atomic E-state index is 12.6. The Morgan fingerprint density at radius 2 is 2.21 bits per heavy atom. The van der Waals surface area contributed by atoms with Gasteiger partial charge in [0, 0.05) is 19.1 Å². The van der Waals surface area contributed by atoms with Crippen molar-refractivity contribution in [2.24, 2.45) is 0 Å². The number of hydrogen-bond acceptors (Lipinski definition) is 5. The molecule has 1 aromatic carbocycles. The Morgan fingerprint density at radius 3 is 3.04 bits per heavy atom. The number of carbonyl (C=O) groups excluding carboxylic acids is 2. The van der Waals surface area contributed by atoms with Crippen LogP contribution in [0.3, 0.4) is 0 Å². The summed E-state index contributed by atoms with van der Waals surface area (Å²) in [5.41, 5.74) is 1.61. The van der Waals surface area contributed by atoms with Crippen molar-refractivity contribution in [1.29, 1.82) is 0 Å². The Kier molecular flexibility index (Phi) is 4.93. The van der Waals surface area contributed by atoms with E-state index in [1.165, 1.54) is 0 Å². The number of amides is 2. The van der Waals surface area contributed by atoms with Crippen molar-refractivity contribution in [2.75, 3.05) is 19.7 Å². The first-order valence-corrected chi connectivity index (χ1v) is 8.16. The number of likely N-dealkylation sites (tertiary alicyclic amines) is 1. The van der Waals surface area contributed by atoms with Crippen LogP contribution in [-0.4, -0.2) is 57.6 Å². The van der Waals surface area contributed by atoms with Gasteiger partial charge in [-0.15, -0.1) is 5.10 Å². The van der Waals surface area contributed by atoms with Crippen molar-refractivity contribution in [3.05, 3.63) is 24.3 Å². The molecule has 2 aromatic rings. The van der Waals surface area contributed by atoms with Crippen LogP contribution in [0.25, 0.3) is 11.0 Å². The highest BCUT2D eigenvalue weighted by molar-refractivity contribution is 5.80. The molecule has 1 fully saturated rings. The van der Waals surface area contributed by atoms with Crippen molar-refractivity contribution >= 4 is 23.0 Å². The zero-order chi connectivity index (χ0) is 16.9. The first-order chi connectivity index (χ1) is 11.7. The fourth-order valence-electron chi connectivity index (χ4n) is 2.92. The van der Waals surface area contributed by atoms with Crippen LogP contribution in [-0.2, 0) is 16.1 Å². The average Bonchev–Trinajstić information content (AvgIpc) is 2.98. The van der Waals surface area contributed by atoms with Crippen molar-refractivity contribution in [1.82, 2.24) is 25.2 Å². The van der Waals surface area contributed by atoms with Crippen LogP contribution in [0.2, 0.25) is 0 Å². The SMILES string of the molecule is CCOC(=O)NC1CCCN(C(=O)Cn2nnc3ccccc32)C1. The van der Waals surface area contributed by atoms with E-state index in [-0.39, 0.29) is 18.5 Å². The number of alkyl carbamates (subject to hydrolysis) is 1. The molecule has 8 nitrogen and oxygen atoms in total. The van der Waals surface area contributed by atoms with Gasteiger partial charge < -0.3 is 15.0 Å². The fourth-order valence-corrected chi connectivity index (χ4v) is 2.92. The van der Waals surface area contributed by atoms with Gasteiger partial charge in [0.15, 0.2) is 0 Å². The molecule has 0 spiro atoms. The van der Waals surface area contributed by atoms with Crippen LogP contribution in [0.15, 0.2) is 24.3 Å². The summed E-state index contributed by atoms with van der Waals surface area (Å²) >= 11 is 0.